The van der Waals surface area contributed by atoms with Gasteiger partial charge in [0.1, 0.15) is 5.75 Å². The number of ketones is 1. The molecule has 20 heavy (non-hydrogen) atoms. The average molecular weight is 277 g/mol. The largest absolute Gasteiger partial charge is 0.489 e. The Morgan fingerprint density at radius 1 is 1.40 bits per heavy atom. The smallest absolute Gasteiger partial charge is 0.178 e. The lowest BCUT2D eigenvalue weighted by Gasteiger charge is -2.18. The van der Waals surface area contributed by atoms with Crippen molar-refractivity contribution >= 4 is 5.78 Å². The number of hydrogen-bond acceptors (Lipinski definition) is 5. The molecule has 0 amide bonds. The van der Waals surface area contributed by atoms with E-state index in [4.69, 9.17) is 4.74 Å². The number of nitrogens with one attached hydrogen (secondary N) is 1. The molecule has 1 aromatic heterocycles. The van der Waals surface area contributed by atoms with Crippen LogP contribution >= 0.6 is 0 Å². The third-order valence-electron chi connectivity index (χ3n) is 3.21. The van der Waals surface area contributed by atoms with Gasteiger partial charge in [-0.15, -0.1) is 0 Å². The van der Waals surface area contributed by atoms with Crippen molar-refractivity contribution in [2.24, 2.45) is 0 Å². The molecular weight excluding hydrogens is 254 g/mol. The predicted octanol–water partition coefficient (Wildman–Crippen LogP) is 1.35. The van der Waals surface area contributed by atoms with E-state index >= 15 is 0 Å². The zero-order valence-electron chi connectivity index (χ0n) is 12.3. The summed E-state index contributed by atoms with van der Waals surface area (Å²) in [4.78, 5) is 18.6. The summed E-state index contributed by atoms with van der Waals surface area (Å²) in [5.41, 5.74) is 0.625. The van der Waals surface area contributed by atoms with Gasteiger partial charge in [0, 0.05) is 24.8 Å². The lowest BCUT2D eigenvalue weighted by atomic mass is 10.1. The molecular formula is C15H23N3O2. The minimum Gasteiger partial charge on any atom is -0.489 e. The van der Waals surface area contributed by atoms with Crippen LogP contribution in [0.2, 0.25) is 0 Å². The lowest BCUT2D eigenvalue weighted by Crippen LogP contribution is -2.33. The Balaban J connectivity index is 1.97. The standard InChI is InChI=1S/C15H23N3O2/c1-12(2)20-14-8-13(9-17-10-14)15(19)11-18-6-3-4-16-5-7-18/h8-10,12,16H,3-7,11H2,1-2H3. The van der Waals surface area contributed by atoms with Gasteiger partial charge in [-0.3, -0.25) is 14.7 Å². The topological polar surface area (TPSA) is 54.5 Å². The van der Waals surface area contributed by atoms with E-state index in [0.717, 1.165) is 32.6 Å². The minimum absolute atomic E-state index is 0.0823. The Morgan fingerprint density at radius 3 is 3.05 bits per heavy atom. The number of nitrogens with zero attached hydrogens (tertiary/aromatic N) is 2. The summed E-state index contributed by atoms with van der Waals surface area (Å²) in [6.45, 7) is 8.23. The molecule has 0 aliphatic carbocycles. The van der Waals surface area contributed by atoms with Gasteiger partial charge in [-0.25, -0.2) is 0 Å². The molecule has 2 heterocycles. The van der Waals surface area contributed by atoms with Crippen LogP contribution in [-0.4, -0.2) is 54.5 Å². The van der Waals surface area contributed by atoms with Crippen LogP contribution in [0.3, 0.4) is 0 Å². The molecule has 0 unspecified atom stereocenters. The Hall–Kier alpha value is -1.46. The van der Waals surface area contributed by atoms with E-state index in [-0.39, 0.29) is 11.9 Å². The minimum atomic E-state index is 0.0823. The van der Waals surface area contributed by atoms with Gasteiger partial charge < -0.3 is 10.1 Å². The molecule has 0 saturated carbocycles. The van der Waals surface area contributed by atoms with Crippen LogP contribution in [0.1, 0.15) is 30.6 Å². The van der Waals surface area contributed by atoms with Gasteiger partial charge in [0.2, 0.25) is 0 Å². The summed E-state index contributed by atoms with van der Waals surface area (Å²) < 4.78 is 5.58. The van der Waals surface area contributed by atoms with E-state index in [1.54, 1.807) is 18.5 Å². The number of rotatable bonds is 5. The maximum atomic E-state index is 12.3. The molecule has 1 N–H and O–H groups in total. The molecule has 5 nitrogen and oxygen atoms in total. The van der Waals surface area contributed by atoms with Gasteiger partial charge in [-0.2, -0.15) is 0 Å². The molecule has 0 aromatic carbocycles. The van der Waals surface area contributed by atoms with E-state index in [1.165, 1.54) is 0 Å². The van der Waals surface area contributed by atoms with Crippen LogP contribution in [-0.2, 0) is 0 Å². The molecule has 5 heteroatoms. The molecule has 1 aromatic rings. The monoisotopic (exact) mass is 277 g/mol. The molecule has 1 aliphatic heterocycles. The molecule has 1 fully saturated rings. The maximum absolute atomic E-state index is 12.3. The van der Waals surface area contributed by atoms with Crippen LogP contribution in [0.5, 0.6) is 5.75 Å². The Bertz CT molecular complexity index is 440. The molecule has 0 bridgehead atoms. The van der Waals surface area contributed by atoms with E-state index in [0.29, 0.717) is 17.9 Å². The van der Waals surface area contributed by atoms with E-state index in [2.05, 4.69) is 15.2 Å². The zero-order chi connectivity index (χ0) is 14.4. The maximum Gasteiger partial charge on any atom is 0.178 e. The van der Waals surface area contributed by atoms with Crippen LogP contribution in [0.25, 0.3) is 0 Å². The number of aromatic nitrogens is 1. The van der Waals surface area contributed by atoms with Crippen molar-refractivity contribution in [3.63, 3.8) is 0 Å². The van der Waals surface area contributed by atoms with E-state index < -0.39 is 0 Å². The van der Waals surface area contributed by atoms with Crippen LogP contribution in [0.4, 0.5) is 0 Å². The highest BCUT2D eigenvalue weighted by molar-refractivity contribution is 5.97. The van der Waals surface area contributed by atoms with Crippen molar-refractivity contribution < 1.29 is 9.53 Å². The number of Topliss-reactive ketones (excluding diaryl/α,β-unsaturated/α-hetero) is 1. The predicted molar refractivity (Wildman–Crippen MR) is 78.3 cm³/mol. The molecule has 2 rings (SSSR count). The third kappa shape index (κ3) is 4.58. The first-order chi connectivity index (χ1) is 9.65. The van der Waals surface area contributed by atoms with Gasteiger partial charge in [0.15, 0.2) is 5.78 Å². The highest BCUT2D eigenvalue weighted by Crippen LogP contribution is 2.14. The average Bonchev–Trinajstić information content (AvgIpc) is 2.67. The van der Waals surface area contributed by atoms with Crippen molar-refractivity contribution in [1.29, 1.82) is 0 Å². The first-order valence-electron chi connectivity index (χ1n) is 7.23. The number of carbonyl (C=O) groups excluding carboxylic acids is 1. The summed E-state index contributed by atoms with van der Waals surface area (Å²) in [5, 5.41) is 3.34. The summed E-state index contributed by atoms with van der Waals surface area (Å²) in [6.07, 6.45) is 4.43. The molecule has 0 spiro atoms. The van der Waals surface area contributed by atoms with Gasteiger partial charge in [0.05, 0.1) is 18.8 Å². The van der Waals surface area contributed by atoms with Crippen LogP contribution in [0.15, 0.2) is 18.5 Å². The highest BCUT2D eigenvalue weighted by atomic mass is 16.5. The number of hydrogen-bond donors (Lipinski definition) is 1. The summed E-state index contributed by atoms with van der Waals surface area (Å²) in [7, 11) is 0. The summed E-state index contributed by atoms with van der Waals surface area (Å²) in [6, 6.07) is 1.78. The van der Waals surface area contributed by atoms with Crippen LogP contribution < -0.4 is 10.1 Å². The fourth-order valence-electron chi connectivity index (χ4n) is 2.26. The second kappa shape index (κ2) is 7.36. The van der Waals surface area contributed by atoms with Gasteiger partial charge in [0.25, 0.3) is 0 Å². The number of pyridine rings is 1. The molecule has 110 valence electrons. The van der Waals surface area contributed by atoms with Gasteiger partial charge in [-0.1, -0.05) is 0 Å². The molecule has 0 atom stereocenters. The quantitative estimate of drug-likeness (QED) is 0.823. The first kappa shape index (κ1) is 14.9. The molecule has 1 aliphatic rings. The number of carbonyl (C=O) groups is 1. The lowest BCUT2D eigenvalue weighted by molar-refractivity contribution is 0.0934. The van der Waals surface area contributed by atoms with Crippen molar-refractivity contribution in [2.75, 3.05) is 32.7 Å². The van der Waals surface area contributed by atoms with Crippen molar-refractivity contribution in [1.82, 2.24) is 15.2 Å². The molecule has 1 saturated heterocycles. The third-order valence-corrected chi connectivity index (χ3v) is 3.21. The summed E-state index contributed by atoms with van der Waals surface area (Å²) >= 11 is 0. The van der Waals surface area contributed by atoms with E-state index in [1.807, 2.05) is 13.8 Å². The van der Waals surface area contributed by atoms with Crippen molar-refractivity contribution in [3.05, 3.63) is 24.0 Å². The summed E-state index contributed by atoms with van der Waals surface area (Å²) in [5.74, 6) is 0.761. The van der Waals surface area contributed by atoms with Crippen molar-refractivity contribution in [2.45, 2.75) is 26.4 Å². The van der Waals surface area contributed by atoms with Crippen molar-refractivity contribution in [3.8, 4) is 5.75 Å². The van der Waals surface area contributed by atoms with Gasteiger partial charge in [-0.05, 0) is 39.4 Å². The zero-order valence-corrected chi connectivity index (χ0v) is 12.3. The Kier molecular flexibility index (Phi) is 5.49. The normalized spacial score (nSPS) is 16.9. The van der Waals surface area contributed by atoms with Crippen LogP contribution in [0, 0.1) is 0 Å². The SMILES string of the molecule is CC(C)Oc1cncc(C(=O)CN2CCCNCC2)c1. The second-order valence-electron chi connectivity index (χ2n) is 5.38. The highest BCUT2D eigenvalue weighted by Gasteiger charge is 2.15. The second-order valence-corrected chi connectivity index (χ2v) is 5.38. The fourth-order valence-corrected chi connectivity index (χ4v) is 2.26. The first-order valence-corrected chi connectivity index (χ1v) is 7.23. The molecule has 0 radical (unpaired) electrons. The Morgan fingerprint density at radius 2 is 2.25 bits per heavy atom. The van der Waals surface area contributed by atoms with Gasteiger partial charge >= 0.3 is 0 Å². The fraction of sp³-hybridized carbons (Fsp3) is 0.600. The Labute approximate surface area is 120 Å². The van der Waals surface area contributed by atoms with E-state index in [9.17, 15) is 4.79 Å². The number of ether oxygens (including phenoxy) is 1.